The molecular formula is C23H27F3N8O4. The first-order valence-corrected chi connectivity index (χ1v) is 11.9. The van der Waals surface area contributed by atoms with E-state index >= 15 is 0 Å². The van der Waals surface area contributed by atoms with E-state index in [2.05, 4.69) is 20.5 Å². The van der Waals surface area contributed by atoms with Crippen molar-refractivity contribution >= 4 is 28.5 Å². The monoisotopic (exact) mass is 536 g/mol. The van der Waals surface area contributed by atoms with Crippen LogP contribution in [0.15, 0.2) is 29.3 Å². The zero-order chi connectivity index (χ0) is 27.4. The van der Waals surface area contributed by atoms with Crippen molar-refractivity contribution in [1.82, 2.24) is 35.2 Å². The first-order chi connectivity index (χ1) is 18.1. The molecule has 1 aliphatic heterocycles. The van der Waals surface area contributed by atoms with E-state index in [1.165, 1.54) is 6.20 Å². The smallest absolute Gasteiger partial charge is 0.379 e. The zero-order valence-corrected chi connectivity index (χ0v) is 20.8. The fraction of sp³-hybridized carbons (Fsp3) is 0.478. The number of nitrogens with one attached hydrogen (secondary N) is 2. The fourth-order valence-electron chi connectivity index (χ4n) is 4.22. The molecule has 3 aromatic rings. The number of ether oxygens (including phenoxy) is 1. The van der Waals surface area contributed by atoms with Crippen LogP contribution >= 0.6 is 0 Å². The van der Waals surface area contributed by atoms with Crippen LogP contribution < -0.4 is 15.8 Å². The van der Waals surface area contributed by atoms with Crippen molar-refractivity contribution in [2.24, 2.45) is 0 Å². The predicted octanol–water partition coefficient (Wildman–Crippen LogP) is 1.21. The van der Waals surface area contributed by atoms with Crippen molar-refractivity contribution in [3.05, 3.63) is 46.1 Å². The van der Waals surface area contributed by atoms with Gasteiger partial charge in [-0.2, -0.15) is 23.4 Å². The number of amides is 2. The number of piperazine rings is 1. The summed E-state index contributed by atoms with van der Waals surface area (Å²) in [6, 6.07) is 2.82. The normalized spacial score (nSPS) is 15.1. The molecule has 0 spiro atoms. The summed E-state index contributed by atoms with van der Waals surface area (Å²) in [5.74, 6) is 0.409. The summed E-state index contributed by atoms with van der Waals surface area (Å²) in [7, 11) is 1.55. The van der Waals surface area contributed by atoms with E-state index < -0.39 is 28.9 Å². The van der Waals surface area contributed by atoms with Gasteiger partial charge in [0.05, 0.1) is 43.0 Å². The van der Waals surface area contributed by atoms with Gasteiger partial charge in [0.2, 0.25) is 5.91 Å². The number of anilines is 1. The molecule has 1 saturated heterocycles. The molecular weight excluding hydrogens is 509 g/mol. The van der Waals surface area contributed by atoms with Crippen molar-refractivity contribution in [3.63, 3.8) is 0 Å². The Hall–Kier alpha value is -4.01. The van der Waals surface area contributed by atoms with Gasteiger partial charge in [0, 0.05) is 39.4 Å². The highest BCUT2D eigenvalue weighted by Gasteiger charge is 2.38. The molecule has 3 aromatic heterocycles. The van der Waals surface area contributed by atoms with Gasteiger partial charge in [-0.25, -0.2) is 10.1 Å². The topological polar surface area (TPSA) is 138 Å². The molecule has 204 valence electrons. The molecule has 1 unspecified atom stereocenters. The summed E-state index contributed by atoms with van der Waals surface area (Å²) < 4.78 is 46.8. The third-order valence-corrected chi connectivity index (χ3v) is 6.23. The molecule has 2 amide bonds. The van der Waals surface area contributed by atoms with Gasteiger partial charge in [-0.1, -0.05) is 0 Å². The largest absolute Gasteiger partial charge is 0.435 e. The molecule has 2 N–H and O–H groups in total. The van der Waals surface area contributed by atoms with E-state index in [0.717, 1.165) is 16.7 Å². The van der Waals surface area contributed by atoms with Crippen LogP contribution in [-0.4, -0.2) is 88.1 Å². The number of H-pyrrole nitrogens is 1. The number of aromatic amines is 1. The second-order valence-electron chi connectivity index (χ2n) is 8.78. The molecule has 0 bridgehead atoms. The van der Waals surface area contributed by atoms with Crippen molar-refractivity contribution < 1.29 is 27.5 Å². The number of aromatic nitrogens is 5. The highest BCUT2D eigenvalue weighted by molar-refractivity contribution is 5.93. The number of carbonyl (C=O) groups excluding carboxylic acids is 2. The van der Waals surface area contributed by atoms with Crippen LogP contribution in [-0.2, 0) is 15.7 Å². The number of hydrogen-bond donors (Lipinski definition) is 2. The zero-order valence-electron chi connectivity index (χ0n) is 20.8. The van der Waals surface area contributed by atoms with E-state index in [0.29, 0.717) is 31.7 Å². The van der Waals surface area contributed by atoms with E-state index in [9.17, 15) is 27.6 Å². The predicted molar refractivity (Wildman–Crippen MR) is 130 cm³/mol. The molecule has 38 heavy (non-hydrogen) atoms. The Morgan fingerprint density at radius 1 is 1.18 bits per heavy atom. The van der Waals surface area contributed by atoms with Gasteiger partial charge < -0.3 is 19.9 Å². The van der Waals surface area contributed by atoms with Gasteiger partial charge >= 0.3 is 6.18 Å². The molecule has 0 aromatic carbocycles. The minimum atomic E-state index is -4.81. The molecule has 0 saturated carbocycles. The van der Waals surface area contributed by atoms with Crippen LogP contribution in [0.3, 0.4) is 0 Å². The molecule has 4 heterocycles. The Kier molecular flexibility index (Phi) is 7.94. The Morgan fingerprint density at radius 3 is 2.55 bits per heavy atom. The Bertz CT molecular complexity index is 1350. The molecule has 1 aliphatic rings. The molecule has 15 heteroatoms. The first-order valence-electron chi connectivity index (χ1n) is 11.9. The van der Waals surface area contributed by atoms with Gasteiger partial charge in [0.1, 0.15) is 11.2 Å². The van der Waals surface area contributed by atoms with Crippen LogP contribution in [0.1, 0.15) is 35.4 Å². The Morgan fingerprint density at radius 2 is 1.92 bits per heavy atom. The van der Waals surface area contributed by atoms with Crippen LogP contribution in [0.25, 0.3) is 10.9 Å². The van der Waals surface area contributed by atoms with Gasteiger partial charge in [-0.15, -0.1) is 0 Å². The minimum absolute atomic E-state index is 0.0142. The summed E-state index contributed by atoms with van der Waals surface area (Å²) in [6.07, 6.45) is -2.07. The van der Waals surface area contributed by atoms with Crippen molar-refractivity contribution in [2.45, 2.75) is 25.6 Å². The maximum absolute atomic E-state index is 13.4. The molecule has 1 fully saturated rings. The van der Waals surface area contributed by atoms with Gasteiger partial charge in [0.25, 0.3) is 11.5 Å². The number of pyridine rings is 1. The summed E-state index contributed by atoms with van der Waals surface area (Å²) in [4.78, 5) is 44.3. The highest BCUT2D eigenvalue weighted by Crippen LogP contribution is 2.33. The number of hydrogen-bond acceptors (Lipinski definition) is 8. The summed E-state index contributed by atoms with van der Waals surface area (Å²) in [6.45, 7) is 3.82. The fourth-order valence-corrected chi connectivity index (χ4v) is 4.22. The van der Waals surface area contributed by atoms with E-state index in [1.807, 2.05) is 10.00 Å². The molecule has 1 atom stereocenters. The van der Waals surface area contributed by atoms with E-state index in [1.54, 1.807) is 31.0 Å². The van der Waals surface area contributed by atoms with Gasteiger partial charge in [-0.05, 0) is 19.1 Å². The number of carbonyl (C=O) groups is 2. The lowest BCUT2D eigenvalue weighted by atomic mass is 10.2. The number of halogens is 3. The Labute approximate surface area is 214 Å². The second kappa shape index (κ2) is 11.2. The van der Waals surface area contributed by atoms with E-state index in [4.69, 9.17) is 4.74 Å². The maximum Gasteiger partial charge on any atom is 0.435 e. The number of nitrogens with zero attached hydrogens (tertiary/aromatic N) is 6. The number of fused-ring (bicyclic) bond motifs is 1. The Balaban J connectivity index is 1.26. The lowest BCUT2D eigenvalue weighted by Crippen LogP contribution is -2.49. The van der Waals surface area contributed by atoms with Gasteiger partial charge in [-0.3, -0.25) is 19.1 Å². The summed E-state index contributed by atoms with van der Waals surface area (Å²) in [5, 5.41) is 11.2. The minimum Gasteiger partial charge on any atom is -0.379 e. The maximum atomic E-state index is 13.4. The van der Waals surface area contributed by atoms with E-state index in [-0.39, 0.29) is 37.0 Å². The SMILES string of the molecule is CNC(=O)c1ccc(N2CCN(C(=O)CCOCC(C)n3nc(C(F)(F)F)c4c(=O)[nH]ncc43)CC2)nc1. The summed E-state index contributed by atoms with van der Waals surface area (Å²) in [5.41, 5.74) is -1.85. The quantitative estimate of drug-likeness (QED) is 0.410. The summed E-state index contributed by atoms with van der Waals surface area (Å²) >= 11 is 0. The van der Waals surface area contributed by atoms with Crippen LogP contribution in [0.4, 0.5) is 19.0 Å². The average molecular weight is 537 g/mol. The molecule has 0 aliphatic carbocycles. The molecule has 12 nitrogen and oxygen atoms in total. The van der Waals surface area contributed by atoms with Crippen molar-refractivity contribution in [3.8, 4) is 0 Å². The molecule has 0 radical (unpaired) electrons. The lowest BCUT2D eigenvalue weighted by molar-refractivity contribution is -0.140. The standard InChI is InChI=1S/C23H27F3N8O4/c1-14(34-16-12-29-30-22(37)19(16)20(31-34)23(24,25)26)13-38-10-5-18(35)33-8-6-32(7-9-33)17-4-3-15(11-28-17)21(36)27-2/h3-4,11-12,14H,5-10,13H2,1-2H3,(H,27,36)(H,30,37). The van der Waals surface area contributed by atoms with Crippen molar-refractivity contribution in [2.75, 3.05) is 51.3 Å². The van der Waals surface area contributed by atoms with Crippen LogP contribution in [0.2, 0.25) is 0 Å². The number of rotatable bonds is 8. The third-order valence-electron chi connectivity index (χ3n) is 6.23. The highest BCUT2D eigenvalue weighted by atomic mass is 19.4. The lowest BCUT2D eigenvalue weighted by Gasteiger charge is -2.35. The van der Waals surface area contributed by atoms with Crippen LogP contribution in [0, 0.1) is 0 Å². The number of alkyl halides is 3. The van der Waals surface area contributed by atoms with Crippen molar-refractivity contribution in [1.29, 1.82) is 0 Å². The van der Waals surface area contributed by atoms with Gasteiger partial charge in [0.15, 0.2) is 5.69 Å². The average Bonchev–Trinajstić information content (AvgIpc) is 3.32. The van der Waals surface area contributed by atoms with Crippen LogP contribution in [0.5, 0.6) is 0 Å². The first kappa shape index (κ1) is 27.0. The molecule has 4 rings (SSSR count). The third kappa shape index (κ3) is 5.77. The second-order valence-corrected chi connectivity index (χ2v) is 8.78.